The summed E-state index contributed by atoms with van der Waals surface area (Å²) in [5.74, 6) is 1.52. The Labute approximate surface area is 169 Å². The van der Waals surface area contributed by atoms with Crippen LogP contribution in [0.15, 0.2) is 42.5 Å². The number of methoxy groups -OCH3 is 1. The lowest BCUT2D eigenvalue weighted by atomic mass is 10.0. The minimum Gasteiger partial charge on any atom is -0.497 e. The zero-order valence-corrected chi connectivity index (χ0v) is 16.6. The third kappa shape index (κ3) is 5.26. The Morgan fingerprint density at radius 3 is 2.45 bits per heavy atom. The number of carbonyl (C=O) groups excluding carboxylic acids is 2. The fourth-order valence-electron chi connectivity index (χ4n) is 3.07. The van der Waals surface area contributed by atoms with E-state index in [0.717, 1.165) is 0 Å². The van der Waals surface area contributed by atoms with Gasteiger partial charge in [0.2, 0.25) is 5.91 Å². The number of aliphatic hydroxyl groups is 1. The second kappa shape index (κ2) is 9.43. The number of ether oxygens (including phenoxy) is 3. The summed E-state index contributed by atoms with van der Waals surface area (Å²) in [7, 11) is 3.19. The van der Waals surface area contributed by atoms with Gasteiger partial charge in [-0.2, -0.15) is 0 Å². The van der Waals surface area contributed by atoms with Crippen LogP contribution >= 0.6 is 0 Å². The second-order valence-electron chi connectivity index (χ2n) is 6.84. The number of fused-ring (bicyclic) bond motifs is 1. The molecule has 3 rings (SSSR count). The van der Waals surface area contributed by atoms with E-state index in [1.54, 1.807) is 56.6 Å². The first-order chi connectivity index (χ1) is 14.0. The molecule has 2 aromatic carbocycles. The predicted molar refractivity (Wildman–Crippen MR) is 107 cm³/mol. The smallest absolute Gasteiger partial charge is 0.222 e. The Morgan fingerprint density at radius 2 is 1.76 bits per heavy atom. The van der Waals surface area contributed by atoms with E-state index in [1.165, 1.54) is 4.90 Å². The first-order valence-electron chi connectivity index (χ1n) is 9.46. The monoisotopic (exact) mass is 399 g/mol. The van der Waals surface area contributed by atoms with Gasteiger partial charge in [0.25, 0.3) is 0 Å². The van der Waals surface area contributed by atoms with E-state index >= 15 is 0 Å². The van der Waals surface area contributed by atoms with Crippen LogP contribution in [-0.2, 0) is 4.79 Å². The lowest BCUT2D eigenvalue weighted by Crippen LogP contribution is -2.31. The van der Waals surface area contributed by atoms with Crippen LogP contribution in [0.5, 0.6) is 17.2 Å². The largest absolute Gasteiger partial charge is 0.497 e. The number of nitrogens with zero attached hydrogens (tertiary/aromatic N) is 1. The minimum atomic E-state index is -0.816. The summed E-state index contributed by atoms with van der Waals surface area (Å²) in [5.41, 5.74) is 1.18. The van der Waals surface area contributed by atoms with Crippen molar-refractivity contribution in [3.05, 3.63) is 53.6 Å². The summed E-state index contributed by atoms with van der Waals surface area (Å²) in [5, 5.41) is 10.3. The Morgan fingerprint density at radius 1 is 1.07 bits per heavy atom. The van der Waals surface area contributed by atoms with Crippen LogP contribution in [0.2, 0.25) is 0 Å². The maximum atomic E-state index is 12.4. The second-order valence-corrected chi connectivity index (χ2v) is 6.84. The van der Waals surface area contributed by atoms with Crippen LogP contribution < -0.4 is 14.2 Å². The summed E-state index contributed by atoms with van der Waals surface area (Å²) in [6.45, 7) is 1.08. The fraction of sp³-hybridized carbons (Fsp3) is 0.364. The van der Waals surface area contributed by atoms with E-state index in [1.807, 2.05) is 0 Å². The predicted octanol–water partition coefficient (Wildman–Crippen LogP) is 2.62. The lowest BCUT2D eigenvalue weighted by Gasteiger charge is -2.21. The molecule has 0 saturated carbocycles. The molecule has 0 saturated heterocycles. The number of amides is 1. The maximum absolute atomic E-state index is 12.4. The molecule has 154 valence electrons. The molecule has 0 radical (unpaired) electrons. The molecule has 7 heteroatoms. The van der Waals surface area contributed by atoms with E-state index in [0.29, 0.717) is 41.6 Å². The van der Waals surface area contributed by atoms with Crippen LogP contribution in [-0.4, -0.2) is 55.6 Å². The Hall–Kier alpha value is -3.06. The number of likely N-dealkylation sites (N-methyl/N-ethyl adjacent to an activating group) is 1. The van der Waals surface area contributed by atoms with Gasteiger partial charge in [-0.25, -0.2) is 0 Å². The highest BCUT2D eigenvalue weighted by atomic mass is 16.6. The molecule has 0 spiro atoms. The van der Waals surface area contributed by atoms with E-state index < -0.39 is 6.10 Å². The number of ketones is 1. The van der Waals surface area contributed by atoms with Crippen molar-refractivity contribution < 1.29 is 28.9 Å². The van der Waals surface area contributed by atoms with E-state index in [-0.39, 0.29) is 31.1 Å². The van der Waals surface area contributed by atoms with Crippen LogP contribution in [0.1, 0.15) is 34.9 Å². The molecule has 1 aliphatic rings. The van der Waals surface area contributed by atoms with Crippen molar-refractivity contribution in [1.29, 1.82) is 0 Å². The van der Waals surface area contributed by atoms with Gasteiger partial charge >= 0.3 is 0 Å². The van der Waals surface area contributed by atoms with Crippen molar-refractivity contribution in [2.75, 3.05) is 33.9 Å². The summed E-state index contributed by atoms with van der Waals surface area (Å²) in [6.07, 6.45) is -0.663. The SMILES string of the molecule is COc1ccc(C(O)CN(C)C(=O)CCC(=O)c2ccc3c(c2)OCCO3)cc1. The molecule has 1 unspecified atom stereocenters. The van der Waals surface area contributed by atoms with Gasteiger partial charge in [-0.1, -0.05) is 12.1 Å². The molecular formula is C22H25NO6. The molecule has 7 nitrogen and oxygen atoms in total. The highest BCUT2D eigenvalue weighted by Gasteiger charge is 2.19. The maximum Gasteiger partial charge on any atom is 0.222 e. The summed E-state index contributed by atoms with van der Waals surface area (Å²) in [6, 6.07) is 12.1. The van der Waals surface area contributed by atoms with Gasteiger partial charge < -0.3 is 24.2 Å². The van der Waals surface area contributed by atoms with Gasteiger partial charge in [0.15, 0.2) is 17.3 Å². The third-order valence-corrected chi connectivity index (χ3v) is 4.80. The molecule has 1 heterocycles. The summed E-state index contributed by atoms with van der Waals surface area (Å²) < 4.78 is 16.0. The highest BCUT2D eigenvalue weighted by molar-refractivity contribution is 5.98. The molecular weight excluding hydrogens is 374 g/mol. The first kappa shape index (κ1) is 20.7. The van der Waals surface area contributed by atoms with Crippen LogP contribution in [0.3, 0.4) is 0 Å². The number of carbonyl (C=O) groups is 2. The quantitative estimate of drug-likeness (QED) is 0.687. The average molecular weight is 399 g/mol. The molecule has 0 aromatic heterocycles. The molecule has 0 bridgehead atoms. The zero-order chi connectivity index (χ0) is 20.8. The van der Waals surface area contributed by atoms with E-state index in [4.69, 9.17) is 14.2 Å². The standard InChI is InChI=1S/C22H25NO6/c1-23(14-19(25)15-3-6-17(27-2)7-4-15)22(26)10-8-18(24)16-5-9-20-21(13-16)29-12-11-28-20/h3-7,9,13,19,25H,8,10-12,14H2,1-2H3. The number of benzene rings is 2. The van der Waals surface area contributed by atoms with Gasteiger partial charge in [-0.05, 0) is 35.9 Å². The van der Waals surface area contributed by atoms with Crippen LogP contribution in [0, 0.1) is 0 Å². The highest BCUT2D eigenvalue weighted by Crippen LogP contribution is 2.31. The molecule has 0 aliphatic carbocycles. The van der Waals surface area contributed by atoms with Crippen LogP contribution in [0.25, 0.3) is 0 Å². The summed E-state index contributed by atoms with van der Waals surface area (Å²) in [4.78, 5) is 26.2. The van der Waals surface area contributed by atoms with Crippen molar-refractivity contribution >= 4 is 11.7 Å². The number of hydrogen-bond acceptors (Lipinski definition) is 6. The van der Waals surface area contributed by atoms with Crippen molar-refractivity contribution in [2.24, 2.45) is 0 Å². The number of aliphatic hydroxyl groups excluding tert-OH is 1. The van der Waals surface area contributed by atoms with Gasteiger partial charge in [0.05, 0.1) is 19.8 Å². The molecule has 2 aromatic rings. The van der Waals surface area contributed by atoms with Crippen molar-refractivity contribution in [3.63, 3.8) is 0 Å². The Balaban J connectivity index is 1.50. The first-order valence-corrected chi connectivity index (χ1v) is 9.46. The average Bonchev–Trinajstić information content (AvgIpc) is 2.76. The van der Waals surface area contributed by atoms with Gasteiger partial charge in [-0.3, -0.25) is 9.59 Å². The Kier molecular flexibility index (Phi) is 6.72. The molecule has 0 fully saturated rings. The molecule has 1 atom stereocenters. The number of Topliss-reactive ketones (excluding diaryl/α,β-unsaturated/α-hetero) is 1. The molecule has 1 N–H and O–H groups in total. The normalized spacial score (nSPS) is 13.5. The third-order valence-electron chi connectivity index (χ3n) is 4.80. The van der Waals surface area contributed by atoms with Gasteiger partial charge in [-0.15, -0.1) is 0 Å². The van der Waals surface area contributed by atoms with Crippen LogP contribution in [0.4, 0.5) is 0 Å². The van der Waals surface area contributed by atoms with Gasteiger partial charge in [0.1, 0.15) is 19.0 Å². The summed E-state index contributed by atoms with van der Waals surface area (Å²) >= 11 is 0. The van der Waals surface area contributed by atoms with Crippen molar-refractivity contribution in [1.82, 2.24) is 4.90 Å². The minimum absolute atomic E-state index is 0.0686. The Bertz CT molecular complexity index is 864. The molecule has 29 heavy (non-hydrogen) atoms. The molecule has 1 aliphatic heterocycles. The topological polar surface area (TPSA) is 85.3 Å². The number of rotatable bonds is 8. The van der Waals surface area contributed by atoms with E-state index in [9.17, 15) is 14.7 Å². The van der Waals surface area contributed by atoms with Crippen molar-refractivity contribution in [2.45, 2.75) is 18.9 Å². The fourth-order valence-corrected chi connectivity index (χ4v) is 3.07. The zero-order valence-electron chi connectivity index (χ0n) is 16.6. The molecule has 1 amide bonds. The van der Waals surface area contributed by atoms with Gasteiger partial charge in [0, 0.05) is 25.5 Å². The van der Waals surface area contributed by atoms with E-state index in [2.05, 4.69) is 0 Å². The lowest BCUT2D eigenvalue weighted by molar-refractivity contribution is -0.131. The number of hydrogen-bond donors (Lipinski definition) is 1. The van der Waals surface area contributed by atoms with Crippen molar-refractivity contribution in [3.8, 4) is 17.2 Å².